The van der Waals surface area contributed by atoms with Gasteiger partial charge in [0.1, 0.15) is 6.10 Å². The lowest BCUT2D eigenvalue weighted by molar-refractivity contribution is -0.155. The third-order valence-corrected chi connectivity index (χ3v) is 5.92. The van der Waals surface area contributed by atoms with Gasteiger partial charge in [-0.2, -0.15) is 0 Å². The minimum absolute atomic E-state index is 0.0159. The van der Waals surface area contributed by atoms with Gasteiger partial charge in [0, 0.05) is 5.92 Å². The van der Waals surface area contributed by atoms with Gasteiger partial charge in [0.25, 0.3) is 0 Å². The van der Waals surface area contributed by atoms with E-state index in [4.69, 9.17) is 46.9 Å². The molecule has 2 aliphatic rings. The first-order valence-electron chi connectivity index (χ1n) is 10.0. The average molecular weight is 433 g/mol. The van der Waals surface area contributed by atoms with Gasteiger partial charge in [-0.05, 0) is 24.0 Å². The molecule has 0 aromatic heterocycles. The van der Waals surface area contributed by atoms with Crippen LogP contribution in [0.15, 0.2) is 24.3 Å². The van der Waals surface area contributed by atoms with Gasteiger partial charge in [0.05, 0.1) is 43.8 Å². The molecule has 6 unspecified atom stereocenters. The van der Waals surface area contributed by atoms with Crippen molar-refractivity contribution in [3.63, 3.8) is 0 Å². The van der Waals surface area contributed by atoms with Crippen LogP contribution < -0.4 is 0 Å². The van der Waals surface area contributed by atoms with Crippen molar-refractivity contribution in [2.75, 3.05) is 25.0 Å². The van der Waals surface area contributed by atoms with Gasteiger partial charge in [-0.25, -0.2) is 0 Å². The van der Waals surface area contributed by atoms with Crippen molar-refractivity contribution in [1.82, 2.24) is 0 Å². The van der Waals surface area contributed by atoms with Gasteiger partial charge in [-0.1, -0.05) is 38.1 Å². The van der Waals surface area contributed by atoms with Crippen LogP contribution in [0, 0.1) is 0 Å². The van der Waals surface area contributed by atoms with Crippen LogP contribution in [0.4, 0.5) is 0 Å². The van der Waals surface area contributed by atoms with Gasteiger partial charge < -0.3 is 23.7 Å². The second kappa shape index (κ2) is 11.1. The van der Waals surface area contributed by atoms with Crippen molar-refractivity contribution in [3.8, 4) is 0 Å². The Kier molecular flexibility index (Phi) is 8.85. The Bertz CT molecular complexity index is 585. The topological polar surface area (TPSA) is 46.2 Å². The first-order chi connectivity index (χ1) is 13.7. The predicted octanol–water partition coefficient (Wildman–Crippen LogP) is 4.44. The highest BCUT2D eigenvalue weighted by atomic mass is 35.5. The summed E-state index contributed by atoms with van der Waals surface area (Å²) in [6, 6.07) is 8.44. The van der Waals surface area contributed by atoms with E-state index < -0.39 is 0 Å². The van der Waals surface area contributed by atoms with Crippen LogP contribution in [0.2, 0.25) is 0 Å². The summed E-state index contributed by atoms with van der Waals surface area (Å²) < 4.78 is 29.2. The number of halogens is 2. The molecule has 0 amide bonds. The molecule has 2 aliphatic heterocycles. The third kappa shape index (κ3) is 5.60. The van der Waals surface area contributed by atoms with Crippen molar-refractivity contribution < 1.29 is 23.7 Å². The van der Waals surface area contributed by atoms with Gasteiger partial charge in [0.2, 0.25) is 0 Å². The van der Waals surface area contributed by atoms with E-state index >= 15 is 0 Å². The number of ether oxygens (including phenoxy) is 5. The first kappa shape index (κ1) is 22.3. The van der Waals surface area contributed by atoms with Crippen LogP contribution in [0.5, 0.6) is 0 Å². The average Bonchev–Trinajstić information content (AvgIpc) is 3.40. The molecule has 6 atom stereocenters. The molecule has 0 saturated carbocycles. The molecule has 5 nitrogen and oxygen atoms in total. The third-order valence-electron chi connectivity index (χ3n) is 5.24. The molecule has 7 heteroatoms. The Balaban J connectivity index is 1.53. The van der Waals surface area contributed by atoms with E-state index in [1.165, 1.54) is 5.56 Å². The van der Waals surface area contributed by atoms with Crippen LogP contribution in [0.25, 0.3) is 0 Å². The number of rotatable bonds is 10. The molecule has 0 N–H and O–H groups in total. The van der Waals surface area contributed by atoms with Crippen LogP contribution in [-0.2, 0) is 30.3 Å². The molecule has 0 radical (unpaired) electrons. The van der Waals surface area contributed by atoms with Crippen LogP contribution >= 0.6 is 23.2 Å². The molecule has 1 aromatic carbocycles. The highest BCUT2D eigenvalue weighted by Gasteiger charge is 2.33. The Morgan fingerprint density at radius 1 is 0.929 bits per heavy atom. The Hall–Kier alpha value is -0.400. The number of hydrogen-bond donors (Lipinski definition) is 0. The molecule has 158 valence electrons. The zero-order valence-electron chi connectivity index (χ0n) is 16.5. The van der Waals surface area contributed by atoms with Gasteiger partial charge in [-0.3, -0.25) is 0 Å². The summed E-state index contributed by atoms with van der Waals surface area (Å²) in [6.45, 7) is 5.80. The summed E-state index contributed by atoms with van der Waals surface area (Å²) in [5.74, 6) is 1.09. The Morgan fingerprint density at radius 2 is 1.54 bits per heavy atom. The second-order valence-corrected chi connectivity index (χ2v) is 7.86. The fourth-order valence-electron chi connectivity index (χ4n) is 3.55. The van der Waals surface area contributed by atoms with E-state index in [0.29, 0.717) is 31.6 Å². The maximum Gasteiger partial charge on any atom is 0.184 e. The summed E-state index contributed by atoms with van der Waals surface area (Å²) in [6.07, 6.45) is 1.00. The fraction of sp³-hybridized carbons (Fsp3) is 0.714. The fourth-order valence-corrected chi connectivity index (χ4v) is 3.87. The van der Waals surface area contributed by atoms with Crippen LogP contribution in [0.3, 0.4) is 0 Å². The number of benzene rings is 1. The zero-order valence-corrected chi connectivity index (χ0v) is 18.0. The lowest BCUT2D eigenvalue weighted by Crippen LogP contribution is -2.30. The minimum atomic E-state index is -0.343. The first-order valence-corrected chi connectivity index (χ1v) is 11.1. The van der Waals surface area contributed by atoms with E-state index in [-0.39, 0.29) is 36.8 Å². The van der Waals surface area contributed by atoms with E-state index in [1.54, 1.807) is 0 Å². The monoisotopic (exact) mass is 432 g/mol. The molecular formula is C21H30Cl2O5. The molecule has 2 saturated heterocycles. The molecule has 3 rings (SSSR count). The van der Waals surface area contributed by atoms with Gasteiger partial charge >= 0.3 is 0 Å². The van der Waals surface area contributed by atoms with Crippen molar-refractivity contribution in [1.29, 1.82) is 0 Å². The standard InChI is InChI=1S/C21H30Cl2O5/c1-3-18(20-25-12-16(9-22)27-20)15-7-5-14(6-8-15)11-24-19(4-2)21-26-13-17(10-23)28-21/h5-8,16-21H,3-4,9-13H2,1-2H3. The highest BCUT2D eigenvalue weighted by molar-refractivity contribution is 6.18. The molecule has 28 heavy (non-hydrogen) atoms. The molecular weight excluding hydrogens is 403 g/mol. The molecule has 1 aromatic rings. The second-order valence-electron chi connectivity index (χ2n) is 7.24. The van der Waals surface area contributed by atoms with E-state index in [1.807, 2.05) is 0 Å². The quantitative estimate of drug-likeness (QED) is 0.511. The minimum Gasteiger partial charge on any atom is -0.368 e. The lowest BCUT2D eigenvalue weighted by atomic mass is 9.95. The SMILES string of the molecule is CCC(OCc1ccc(C(CC)C2OCC(CCl)O2)cc1)C1OCC(CCl)O1. The van der Waals surface area contributed by atoms with Crippen LogP contribution in [0.1, 0.15) is 43.7 Å². The van der Waals surface area contributed by atoms with E-state index in [2.05, 4.69) is 38.1 Å². The lowest BCUT2D eigenvalue weighted by Gasteiger charge is -2.23. The summed E-state index contributed by atoms with van der Waals surface area (Å²) in [4.78, 5) is 0. The van der Waals surface area contributed by atoms with Crippen molar-refractivity contribution >= 4 is 23.2 Å². The number of hydrogen-bond acceptors (Lipinski definition) is 5. The van der Waals surface area contributed by atoms with Gasteiger partial charge in [0.15, 0.2) is 12.6 Å². The summed E-state index contributed by atoms with van der Waals surface area (Å²) in [5, 5.41) is 0. The summed E-state index contributed by atoms with van der Waals surface area (Å²) in [5.41, 5.74) is 2.31. The molecule has 0 spiro atoms. The van der Waals surface area contributed by atoms with Crippen molar-refractivity contribution in [2.24, 2.45) is 0 Å². The largest absolute Gasteiger partial charge is 0.368 e. The highest BCUT2D eigenvalue weighted by Crippen LogP contribution is 2.31. The maximum atomic E-state index is 6.05. The molecule has 2 fully saturated rings. The van der Waals surface area contributed by atoms with Crippen molar-refractivity contribution in [2.45, 2.75) is 70.1 Å². The van der Waals surface area contributed by atoms with Gasteiger partial charge in [-0.15, -0.1) is 23.2 Å². The number of alkyl halides is 2. The molecule has 2 heterocycles. The Labute approximate surface area is 177 Å². The van der Waals surface area contributed by atoms with E-state index in [0.717, 1.165) is 18.4 Å². The Morgan fingerprint density at radius 3 is 2.07 bits per heavy atom. The smallest absolute Gasteiger partial charge is 0.184 e. The van der Waals surface area contributed by atoms with E-state index in [9.17, 15) is 0 Å². The van der Waals surface area contributed by atoms with Crippen LogP contribution in [-0.4, -0.2) is 55.9 Å². The zero-order chi connectivity index (χ0) is 19.9. The van der Waals surface area contributed by atoms with Crippen molar-refractivity contribution in [3.05, 3.63) is 35.4 Å². The molecule has 0 aliphatic carbocycles. The summed E-state index contributed by atoms with van der Waals surface area (Å²) >= 11 is 11.7. The maximum absolute atomic E-state index is 6.05. The predicted molar refractivity (Wildman–Crippen MR) is 109 cm³/mol. The normalized spacial score (nSPS) is 29.9. The molecule has 0 bridgehead atoms. The summed E-state index contributed by atoms with van der Waals surface area (Å²) in [7, 11) is 0.